The van der Waals surface area contributed by atoms with Gasteiger partial charge in [0.1, 0.15) is 12.0 Å². The molecule has 2 aliphatic rings. The lowest BCUT2D eigenvalue weighted by Crippen LogP contribution is -2.21. The van der Waals surface area contributed by atoms with Crippen molar-refractivity contribution in [3.8, 4) is 28.7 Å². The Morgan fingerprint density at radius 3 is 1.97 bits per heavy atom. The molecule has 0 saturated carbocycles. The molecule has 2 aromatic rings. The van der Waals surface area contributed by atoms with Crippen LogP contribution in [0, 0.1) is 0 Å². The van der Waals surface area contributed by atoms with E-state index in [1.54, 1.807) is 0 Å². The molecule has 164 valence electrons. The predicted molar refractivity (Wildman–Crippen MR) is 115 cm³/mol. The van der Waals surface area contributed by atoms with Gasteiger partial charge in [-0.2, -0.15) is 0 Å². The first-order chi connectivity index (χ1) is 14.9. The molecule has 31 heavy (non-hydrogen) atoms. The standard InChI is InChI=1S/C22H24N2O7/c1-12-17(23-5-6-23)20(26)14(18(19(12)25)24-7-8-24)11-31-22(27)13-9-15(28-2)21(30-4)16(10-13)29-3/h9-11,25-26H,1,5-8H2,2-4H3/b14-11+. The summed E-state index contributed by atoms with van der Waals surface area (Å²) in [5, 5.41) is 22.2. The van der Waals surface area contributed by atoms with Crippen molar-refractivity contribution in [1.29, 1.82) is 0 Å². The Kier molecular flexibility index (Phi) is 5.18. The van der Waals surface area contributed by atoms with E-state index in [9.17, 15) is 15.0 Å². The van der Waals surface area contributed by atoms with Gasteiger partial charge >= 0.3 is 5.97 Å². The second-order valence-electron chi connectivity index (χ2n) is 7.20. The van der Waals surface area contributed by atoms with E-state index in [1.165, 1.54) is 33.5 Å². The van der Waals surface area contributed by atoms with Crippen molar-refractivity contribution in [2.75, 3.05) is 57.3 Å². The van der Waals surface area contributed by atoms with Crippen LogP contribution in [0.4, 0.5) is 11.4 Å². The molecule has 2 aromatic carbocycles. The normalized spacial score (nSPS) is 15.0. The maximum absolute atomic E-state index is 12.8. The molecule has 2 N–H and O–H groups in total. The zero-order chi connectivity index (χ0) is 22.3. The third-order valence-electron chi connectivity index (χ3n) is 5.24. The largest absolute Gasteiger partial charge is 0.505 e. The van der Waals surface area contributed by atoms with Gasteiger partial charge in [0.25, 0.3) is 0 Å². The molecule has 2 aliphatic heterocycles. The minimum absolute atomic E-state index is 0.0349. The summed E-state index contributed by atoms with van der Waals surface area (Å²) in [6.45, 7) is 6.86. The van der Waals surface area contributed by atoms with Crippen molar-refractivity contribution < 1.29 is 34.0 Å². The predicted octanol–water partition coefficient (Wildman–Crippen LogP) is 0.769. The van der Waals surface area contributed by atoms with Gasteiger partial charge in [-0.05, 0) is 12.1 Å². The molecule has 0 unspecified atom stereocenters. The van der Waals surface area contributed by atoms with E-state index in [4.69, 9.17) is 18.9 Å². The highest BCUT2D eigenvalue weighted by Crippen LogP contribution is 2.38. The summed E-state index contributed by atoms with van der Waals surface area (Å²) >= 11 is 0. The van der Waals surface area contributed by atoms with E-state index < -0.39 is 5.97 Å². The number of rotatable bonds is 7. The number of aromatic hydroxyl groups is 2. The van der Waals surface area contributed by atoms with Crippen molar-refractivity contribution in [3.05, 3.63) is 28.1 Å². The molecule has 2 fully saturated rings. The van der Waals surface area contributed by atoms with E-state index >= 15 is 0 Å². The van der Waals surface area contributed by atoms with Gasteiger partial charge in [-0.3, -0.25) is 0 Å². The fourth-order valence-electron chi connectivity index (χ4n) is 3.46. The highest BCUT2D eigenvalue weighted by atomic mass is 16.5. The SMILES string of the molecule is C=c1c(O)c(N2CC2)/c(=C\OC(=O)c2cc(OC)c(OC)c(OC)c2)c(O)c1N1CC1. The number of carbonyl (C=O) groups excluding carboxylic acids is 1. The number of phenolic OH excluding ortho intramolecular Hbond substituents is 2. The smallest absolute Gasteiger partial charge is 0.343 e. The highest BCUT2D eigenvalue weighted by molar-refractivity contribution is 5.93. The summed E-state index contributed by atoms with van der Waals surface area (Å²) in [7, 11) is 4.37. The number of hydrogen-bond acceptors (Lipinski definition) is 9. The van der Waals surface area contributed by atoms with E-state index in [-0.39, 0.29) is 22.3 Å². The summed E-state index contributed by atoms with van der Waals surface area (Å²) in [5.74, 6) is 0.161. The fraction of sp³-hybridized carbons (Fsp3) is 0.318. The summed E-state index contributed by atoms with van der Waals surface area (Å²) in [4.78, 5) is 16.5. The van der Waals surface area contributed by atoms with Gasteiger partial charge in [0.15, 0.2) is 17.2 Å². The van der Waals surface area contributed by atoms with Crippen LogP contribution < -0.4 is 34.4 Å². The zero-order valence-corrected chi connectivity index (χ0v) is 17.6. The molecule has 0 aliphatic carbocycles. The Balaban J connectivity index is 1.75. The highest BCUT2D eigenvalue weighted by Gasteiger charge is 2.31. The van der Waals surface area contributed by atoms with Crippen molar-refractivity contribution in [2.24, 2.45) is 0 Å². The number of methoxy groups -OCH3 is 3. The molecule has 9 heteroatoms. The van der Waals surface area contributed by atoms with Gasteiger partial charge in [0.05, 0.1) is 43.5 Å². The van der Waals surface area contributed by atoms with Crippen molar-refractivity contribution in [3.63, 3.8) is 0 Å². The molecule has 0 aromatic heterocycles. The third-order valence-corrected chi connectivity index (χ3v) is 5.24. The first-order valence-electron chi connectivity index (χ1n) is 9.69. The Bertz CT molecular complexity index is 1130. The lowest BCUT2D eigenvalue weighted by molar-refractivity contribution is 0.0704. The molecular weight excluding hydrogens is 404 g/mol. The minimum atomic E-state index is -0.693. The zero-order valence-electron chi connectivity index (χ0n) is 17.6. The second-order valence-corrected chi connectivity index (χ2v) is 7.20. The van der Waals surface area contributed by atoms with Crippen molar-refractivity contribution in [2.45, 2.75) is 0 Å². The average molecular weight is 428 g/mol. The molecule has 0 spiro atoms. The van der Waals surface area contributed by atoms with Gasteiger partial charge < -0.3 is 39.0 Å². The summed E-state index contributed by atoms with van der Waals surface area (Å²) in [6, 6.07) is 2.95. The maximum Gasteiger partial charge on any atom is 0.343 e. The van der Waals surface area contributed by atoms with Crippen LogP contribution in [0.25, 0.3) is 12.8 Å². The summed E-state index contributed by atoms with van der Waals surface area (Å²) in [5.41, 5.74) is 1.01. The first kappa shape index (κ1) is 20.5. The lowest BCUT2D eigenvalue weighted by Gasteiger charge is -2.15. The first-order valence-corrected chi connectivity index (χ1v) is 9.69. The van der Waals surface area contributed by atoms with Gasteiger partial charge in [0, 0.05) is 31.4 Å². The van der Waals surface area contributed by atoms with Crippen LogP contribution in [-0.2, 0) is 4.74 Å². The fourth-order valence-corrected chi connectivity index (χ4v) is 3.46. The molecular formula is C22H24N2O7. The number of hydrogen-bond donors (Lipinski definition) is 2. The van der Waals surface area contributed by atoms with Crippen LogP contribution >= 0.6 is 0 Å². The van der Waals surface area contributed by atoms with Crippen LogP contribution in [0.3, 0.4) is 0 Å². The molecule has 2 heterocycles. The number of phenols is 2. The van der Waals surface area contributed by atoms with Gasteiger partial charge in [-0.1, -0.05) is 6.58 Å². The quantitative estimate of drug-likeness (QED) is 0.376. The number of benzene rings is 2. The monoisotopic (exact) mass is 428 g/mol. The Hall–Kier alpha value is -3.75. The van der Waals surface area contributed by atoms with Crippen LogP contribution in [0.2, 0.25) is 0 Å². The Morgan fingerprint density at radius 2 is 1.48 bits per heavy atom. The molecule has 0 amide bonds. The topological polar surface area (TPSA) is 100 Å². The van der Waals surface area contributed by atoms with Crippen LogP contribution in [0.1, 0.15) is 10.4 Å². The summed E-state index contributed by atoms with van der Waals surface area (Å²) < 4.78 is 21.2. The number of anilines is 2. The molecule has 0 atom stereocenters. The lowest BCUT2D eigenvalue weighted by atomic mass is 10.1. The minimum Gasteiger partial charge on any atom is -0.505 e. The molecule has 2 saturated heterocycles. The van der Waals surface area contributed by atoms with E-state index in [0.29, 0.717) is 33.8 Å². The molecule has 0 radical (unpaired) electrons. The van der Waals surface area contributed by atoms with Crippen LogP contribution in [0.15, 0.2) is 12.1 Å². The number of nitrogens with zero attached hydrogens (tertiary/aromatic N) is 2. The average Bonchev–Trinajstić information content (AvgIpc) is 3.68. The van der Waals surface area contributed by atoms with Gasteiger partial charge in [-0.15, -0.1) is 0 Å². The van der Waals surface area contributed by atoms with E-state index in [2.05, 4.69) is 6.58 Å². The van der Waals surface area contributed by atoms with E-state index in [0.717, 1.165) is 32.4 Å². The Morgan fingerprint density at radius 1 is 0.935 bits per heavy atom. The number of ether oxygens (including phenoxy) is 4. The van der Waals surface area contributed by atoms with Crippen LogP contribution in [0.5, 0.6) is 28.7 Å². The third kappa shape index (κ3) is 3.63. The van der Waals surface area contributed by atoms with E-state index in [1.807, 2.05) is 9.80 Å². The molecule has 9 nitrogen and oxygen atoms in total. The molecule has 4 rings (SSSR count). The Labute approximate surface area is 178 Å². The molecule has 0 bridgehead atoms. The summed E-state index contributed by atoms with van der Waals surface area (Å²) in [6.07, 6.45) is 1.15. The number of esters is 1. The number of carbonyl (C=O) groups is 1. The van der Waals surface area contributed by atoms with Crippen molar-refractivity contribution in [1.82, 2.24) is 0 Å². The van der Waals surface area contributed by atoms with Crippen LogP contribution in [-0.4, -0.2) is 63.7 Å². The van der Waals surface area contributed by atoms with Crippen molar-refractivity contribution >= 4 is 30.2 Å². The maximum atomic E-state index is 12.8. The second kappa shape index (κ2) is 7.82. The van der Waals surface area contributed by atoms with Gasteiger partial charge in [-0.25, -0.2) is 4.79 Å². The van der Waals surface area contributed by atoms with Gasteiger partial charge in [0.2, 0.25) is 5.75 Å².